The number of benzene rings is 2. The van der Waals surface area contributed by atoms with Crippen molar-refractivity contribution in [2.75, 3.05) is 5.32 Å². The Hall–Kier alpha value is -3.40. The summed E-state index contributed by atoms with van der Waals surface area (Å²) >= 11 is 1.30. The molecule has 0 aliphatic carbocycles. The van der Waals surface area contributed by atoms with Gasteiger partial charge in [-0.2, -0.15) is 4.39 Å². The molecule has 2 aromatic carbocycles. The number of nitrogens with zero attached hydrogens (tertiary/aromatic N) is 2. The van der Waals surface area contributed by atoms with Crippen LogP contribution in [0.3, 0.4) is 0 Å². The smallest absolute Gasteiger partial charge is 0.306 e. The molecule has 144 valence electrons. The lowest BCUT2D eigenvalue weighted by Crippen LogP contribution is -2.15. The molecule has 0 saturated carbocycles. The summed E-state index contributed by atoms with van der Waals surface area (Å²) in [5.41, 5.74) is -0.100. The molecular formula is C18H13F2N3O4S. The highest BCUT2D eigenvalue weighted by Gasteiger charge is 2.16. The van der Waals surface area contributed by atoms with Crippen LogP contribution in [0.1, 0.15) is 10.7 Å². The zero-order chi connectivity index (χ0) is 20.1. The quantitative estimate of drug-likeness (QED) is 0.472. The van der Waals surface area contributed by atoms with Crippen molar-refractivity contribution in [2.24, 2.45) is 0 Å². The van der Waals surface area contributed by atoms with Crippen LogP contribution in [0.15, 0.2) is 47.8 Å². The number of nitrogens with one attached hydrogen (secondary N) is 1. The number of ether oxygens (including phenoxy) is 1. The molecular weight excluding hydrogens is 392 g/mol. The second-order valence-electron chi connectivity index (χ2n) is 5.62. The summed E-state index contributed by atoms with van der Waals surface area (Å²) < 4.78 is 31.7. The van der Waals surface area contributed by atoms with E-state index in [2.05, 4.69) is 10.3 Å². The van der Waals surface area contributed by atoms with E-state index in [-0.39, 0.29) is 24.5 Å². The highest BCUT2D eigenvalue weighted by atomic mass is 32.1. The van der Waals surface area contributed by atoms with E-state index in [1.54, 1.807) is 5.38 Å². The van der Waals surface area contributed by atoms with Crippen molar-refractivity contribution in [3.8, 4) is 5.75 Å². The maximum absolute atomic E-state index is 13.3. The first-order valence-electron chi connectivity index (χ1n) is 7.96. The number of hydrogen-bond donors (Lipinski definition) is 1. The molecule has 0 fully saturated rings. The molecule has 3 rings (SSSR count). The first kappa shape index (κ1) is 19.4. The minimum absolute atomic E-state index is 0.0573. The topological polar surface area (TPSA) is 94.4 Å². The Bertz CT molecular complexity index is 1010. The molecule has 10 heteroatoms. The zero-order valence-corrected chi connectivity index (χ0v) is 15.0. The number of carbonyl (C=O) groups excluding carboxylic acids is 1. The van der Waals surface area contributed by atoms with Crippen LogP contribution in [0.25, 0.3) is 0 Å². The van der Waals surface area contributed by atoms with Crippen molar-refractivity contribution in [1.82, 2.24) is 4.98 Å². The molecule has 0 spiro atoms. The minimum atomic E-state index is -0.978. The number of amides is 1. The van der Waals surface area contributed by atoms with Gasteiger partial charge in [0.15, 0.2) is 0 Å². The number of rotatable bonds is 7. The predicted octanol–water partition coefficient (Wildman–Crippen LogP) is 4.09. The molecule has 7 nitrogen and oxygen atoms in total. The van der Waals surface area contributed by atoms with Gasteiger partial charge in [0.25, 0.3) is 0 Å². The number of hydrogen-bond acceptors (Lipinski definition) is 6. The first-order valence-corrected chi connectivity index (χ1v) is 8.84. The number of nitro benzene ring substituents is 1. The van der Waals surface area contributed by atoms with E-state index in [0.29, 0.717) is 16.5 Å². The van der Waals surface area contributed by atoms with Crippen LogP contribution in [-0.2, 0) is 17.8 Å². The minimum Gasteiger partial charge on any atom is -0.486 e. The van der Waals surface area contributed by atoms with E-state index >= 15 is 0 Å². The standard InChI is InChI=1S/C18H13F2N3O4S/c19-11-1-4-14(5-2-11)27-9-18-22-13(10-28-18)8-17(24)21-12-3-6-15(20)16(7-12)23(25)26/h1-7,10H,8-9H2,(H,21,24). The third-order valence-electron chi connectivity index (χ3n) is 3.54. The second kappa shape index (κ2) is 8.53. The van der Waals surface area contributed by atoms with Crippen LogP contribution < -0.4 is 10.1 Å². The van der Waals surface area contributed by atoms with Gasteiger partial charge in [0.2, 0.25) is 11.7 Å². The summed E-state index contributed by atoms with van der Waals surface area (Å²) in [5.74, 6) is -1.29. The van der Waals surface area contributed by atoms with Gasteiger partial charge in [-0.05, 0) is 36.4 Å². The average molecular weight is 405 g/mol. The third-order valence-corrected chi connectivity index (χ3v) is 4.41. The fraction of sp³-hybridized carbons (Fsp3) is 0.111. The predicted molar refractivity (Wildman–Crippen MR) is 98.2 cm³/mol. The van der Waals surface area contributed by atoms with Gasteiger partial charge in [0, 0.05) is 17.1 Å². The fourth-order valence-corrected chi connectivity index (χ4v) is 2.98. The summed E-state index contributed by atoms with van der Waals surface area (Å²) in [6.07, 6.45) is -0.0573. The molecule has 0 aliphatic heterocycles. The Morgan fingerprint density at radius 2 is 1.96 bits per heavy atom. The molecule has 0 unspecified atom stereocenters. The maximum Gasteiger partial charge on any atom is 0.306 e. The summed E-state index contributed by atoms with van der Waals surface area (Å²) in [5, 5.41) is 15.5. The molecule has 0 atom stereocenters. The molecule has 1 aromatic heterocycles. The molecule has 1 amide bonds. The Kier molecular flexibility index (Phi) is 5.90. The fourth-order valence-electron chi connectivity index (χ4n) is 2.27. The van der Waals surface area contributed by atoms with Crippen molar-refractivity contribution >= 4 is 28.6 Å². The van der Waals surface area contributed by atoms with Gasteiger partial charge in [0.1, 0.15) is 23.2 Å². The highest BCUT2D eigenvalue weighted by Crippen LogP contribution is 2.22. The highest BCUT2D eigenvalue weighted by molar-refractivity contribution is 7.09. The molecule has 0 bridgehead atoms. The molecule has 1 heterocycles. The van der Waals surface area contributed by atoms with Crippen molar-refractivity contribution in [3.63, 3.8) is 0 Å². The van der Waals surface area contributed by atoms with E-state index < -0.39 is 22.3 Å². The van der Waals surface area contributed by atoms with Gasteiger partial charge >= 0.3 is 5.69 Å². The molecule has 3 aromatic rings. The Labute approximate surface area is 161 Å². The van der Waals surface area contributed by atoms with Crippen molar-refractivity contribution in [3.05, 3.63) is 80.3 Å². The Morgan fingerprint density at radius 1 is 1.21 bits per heavy atom. The van der Waals surface area contributed by atoms with Crippen LogP contribution in [-0.4, -0.2) is 15.8 Å². The third kappa shape index (κ3) is 5.07. The van der Waals surface area contributed by atoms with Crippen LogP contribution in [0.5, 0.6) is 5.75 Å². The summed E-state index contributed by atoms with van der Waals surface area (Å²) in [6, 6.07) is 8.68. The van der Waals surface area contributed by atoms with Gasteiger partial charge in [0.05, 0.1) is 17.0 Å². The average Bonchev–Trinajstić information content (AvgIpc) is 3.10. The number of thiazole rings is 1. The number of aromatic nitrogens is 1. The summed E-state index contributed by atoms with van der Waals surface area (Å²) in [7, 11) is 0. The van der Waals surface area contributed by atoms with Crippen LogP contribution in [0, 0.1) is 21.7 Å². The first-order chi connectivity index (χ1) is 13.4. The maximum atomic E-state index is 13.3. The number of carbonyl (C=O) groups is 1. The number of halogens is 2. The molecule has 28 heavy (non-hydrogen) atoms. The lowest BCUT2D eigenvalue weighted by molar-refractivity contribution is -0.387. The summed E-state index contributed by atoms with van der Waals surface area (Å²) in [6.45, 7) is 0.169. The van der Waals surface area contributed by atoms with E-state index in [0.717, 1.165) is 12.1 Å². The lowest BCUT2D eigenvalue weighted by atomic mass is 10.2. The SMILES string of the molecule is O=C(Cc1csc(COc2ccc(F)cc2)n1)Nc1ccc(F)c([N+](=O)[O-])c1. The van der Waals surface area contributed by atoms with Crippen molar-refractivity contribution in [2.45, 2.75) is 13.0 Å². The largest absolute Gasteiger partial charge is 0.486 e. The Balaban J connectivity index is 1.55. The number of nitro groups is 1. The van der Waals surface area contributed by atoms with Gasteiger partial charge in [-0.25, -0.2) is 9.37 Å². The Morgan fingerprint density at radius 3 is 2.68 bits per heavy atom. The molecule has 0 radical (unpaired) electrons. The van der Waals surface area contributed by atoms with Crippen LogP contribution in [0.4, 0.5) is 20.2 Å². The van der Waals surface area contributed by atoms with E-state index in [9.17, 15) is 23.7 Å². The molecule has 0 aliphatic rings. The number of anilines is 1. The lowest BCUT2D eigenvalue weighted by Gasteiger charge is -2.04. The van der Waals surface area contributed by atoms with E-state index in [4.69, 9.17) is 4.74 Å². The zero-order valence-electron chi connectivity index (χ0n) is 14.2. The van der Waals surface area contributed by atoms with Gasteiger partial charge < -0.3 is 10.1 Å². The second-order valence-corrected chi connectivity index (χ2v) is 6.57. The van der Waals surface area contributed by atoms with Gasteiger partial charge in [-0.3, -0.25) is 14.9 Å². The van der Waals surface area contributed by atoms with E-state index in [1.165, 1.54) is 41.7 Å². The normalized spacial score (nSPS) is 10.5. The van der Waals surface area contributed by atoms with Crippen molar-refractivity contribution in [1.29, 1.82) is 0 Å². The molecule has 1 N–H and O–H groups in total. The van der Waals surface area contributed by atoms with Gasteiger partial charge in [-0.1, -0.05) is 0 Å². The van der Waals surface area contributed by atoms with Crippen LogP contribution >= 0.6 is 11.3 Å². The van der Waals surface area contributed by atoms with Crippen LogP contribution in [0.2, 0.25) is 0 Å². The van der Waals surface area contributed by atoms with E-state index in [1.807, 2.05) is 0 Å². The molecule has 0 saturated heterocycles. The van der Waals surface area contributed by atoms with Crippen molar-refractivity contribution < 1.29 is 23.2 Å². The van der Waals surface area contributed by atoms with Gasteiger partial charge in [-0.15, -0.1) is 11.3 Å². The monoisotopic (exact) mass is 405 g/mol. The summed E-state index contributed by atoms with van der Waals surface area (Å²) in [4.78, 5) is 26.3.